The van der Waals surface area contributed by atoms with Gasteiger partial charge in [0.15, 0.2) is 0 Å². The summed E-state index contributed by atoms with van der Waals surface area (Å²) in [4.78, 5) is 21.6. The Labute approximate surface area is 115 Å². The largest absolute Gasteiger partial charge is 0.478 e. The van der Waals surface area contributed by atoms with Gasteiger partial charge in [0.05, 0.1) is 17.3 Å². The molecule has 0 unspecified atom stereocenters. The highest BCUT2D eigenvalue weighted by molar-refractivity contribution is 7.09. The third-order valence-electron chi connectivity index (χ3n) is 2.99. The first-order valence-electron chi connectivity index (χ1n) is 5.86. The Balaban J connectivity index is 2.15. The van der Waals surface area contributed by atoms with Crippen molar-refractivity contribution in [1.82, 2.24) is 14.9 Å². The standard InChI is InChI=1S/C13H15N3O2S/c1-9(12-15-6-7-19-12)16(2)8-11-10(13(17)18)4-3-5-14-11/h3-7,9H,8H2,1-2H3,(H,17,18)/t9-/m0/s1. The number of hydrogen-bond donors (Lipinski definition) is 1. The normalized spacial score (nSPS) is 12.6. The van der Waals surface area contributed by atoms with Crippen molar-refractivity contribution in [2.24, 2.45) is 0 Å². The smallest absolute Gasteiger partial charge is 0.337 e. The summed E-state index contributed by atoms with van der Waals surface area (Å²) in [5, 5.41) is 12.1. The maximum atomic E-state index is 11.1. The predicted molar refractivity (Wildman–Crippen MR) is 73.2 cm³/mol. The Morgan fingerprint density at radius 2 is 2.26 bits per heavy atom. The molecule has 0 aliphatic rings. The fourth-order valence-electron chi connectivity index (χ4n) is 1.76. The molecule has 5 nitrogen and oxygen atoms in total. The second-order valence-corrected chi connectivity index (χ2v) is 5.19. The van der Waals surface area contributed by atoms with E-state index >= 15 is 0 Å². The van der Waals surface area contributed by atoms with E-state index in [1.54, 1.807) is 35.9 Å². The van der Waals surface area contributed by atoms with Crippen molar-refractivity contribution in [2.45, 2.75) is 19.5 Å². The quantitative estimate of drug-likeness (QED) is 0.909. The van der Waals surface area contributed by atoms with Gasteiger partial charge in [0.1, 0.15) is 5.01 Å². The molecule has 0 saturated carbocycles. The van der Waals surface area contributed by atoms with Gasteiger partial charge in [0.25, 0.3) is 0 Å². The minimum absolute atomic E-state index is 0.128. The molecule has 2 rings (SSSR count). The van der Waals surface area contributed by atoms with Crippen LogP contribution in [0.3, 0.4) is 0 Å². The molecule has 19 heavy (non-hydrogen) atoms. The zero-order valence-electron chi connectivity index (χ0n) is 10.8. The van der Waals surface area contributed by atoms with E-state index in [2.05, 4.69) is 9.97 Å². The number of carbonyl (C=O) groups is 1. The van der Waals surface area contributed by atoms with Crippen LogP contribution in [0.4, 0.5) is 0 Å². The molecule has 2 aromatic rings. The highest BCUT2D eigenvalue weighted by atomic mass is 32.1. The van der Waals surface area contributed by atoms with Gasteiger partial charge in [0, 0.05) is 24.3 Å². The van der Waals surface area contributed by atoms with Crippen LogP contribution < -0.4 is 0 Å². The van der Waals surface area contributed by atoms with Crippen LogP contribution in [0.2, 0.25) is 0 Å². The molecule has 1 atom stereocenters. The van der Waals surface area contributed by atoms with Crippen LogP contribution in [0, 0.1) is 0 Å². The molecule has 0 fully saturated rings. The van der Waals surface area contributed by atoms with Crippen molar-refractivity contribution in [3.05, 3.63) is 46.2 Å². The third kappa shape index (κ3) is 3.15. The molecule has 1 N–H and O–H groups in total. The van der Waals surface area contributed by atoms with Crippen molar-refractivity contribution in [1.29, 1.82) is 0 Å². The molecule has 0 amide bonds. The lowest BCUT2D eigenvalue weighted by Crippen LogP contribution is -2.23. The average molecular weight is 277 g/mol. The van der Waals surface area contributed by atoms with Crippen LogP contribution in [0.5, 0.6) is 0 Å². The first kappa shape index (κ1) is 13.6. The maximum absolute atomic E-state index is 11.1. The fraction of sp³-hybridized carbons (Fsp3) is 0.308. The molecule has 0 aromatic carbocycles. The summed E-state index contributed by atoms with van der Waals surface area (Å²) in [6.07, 6.45) is 3.39. The Hall–Kier alpha value is -1.79. The number of rotatable bonds is 5. The number of nitrogens with zero attached hydrogens (tertiary/aromatic N) is 3. The molecule has 2 aromatic heterocycles. The maximum Gasteiger partial charge on any atom is 0.337 e. The van der Waals surface area contributed by atoms with Gasteiger partial charge in [-0.05, 0) is 26.1 Å². The molecule has 0 spiro atoms. The SMILES string of the molecule is C[C@@H](c1nccs1)N(C)Cc1ncccc1C(=O)O. The number of aromatic carboxylic acids is 1. The summed E-state index contributed by atoms with van der Waals surface area (Å²) in [5.74, 6) is -0.946. The van der Waals surface area contributed by atoms with Crippen molar-refractivity contribution in [3.8, 4) is 0 Å². The fourth-order valence-corrected chi connectivity index (χ4v) is 2.52. The minimum Gasteiger partial charge on any atom is -0.478 e. The molecule has 0 aliphatic heterocycles. The van der Waals surface area contributed by atoms with Gasteiger partial charge in [-0.1, -0.05) is 0 Å². The summed E-state index contributed by atoms with van der Waals surface area (Å²) in [6.45, 7) is 2.52. The number of hydrogen-bond acceptors (Lipinski definition) is 5. The van der Waals surface area contributed by atoms with Crippen LogP contribution in [-0.2, 0) is 6.54 Å². The van der Waals surface area contributed by atoms with Gasteiger partial charge in [-0.2, -0.15) is 0 Å². The van der Waals surface area contributed by atoms with Gasteiger partial charge >= 0.3 is 5.97 Å². The topological polar surface area (TPSA) is 66.3 Å². The number of carboxylic acid groups (broad SMARTS) is 1. The average Bonchev–Trinajstić information content (AvgIpc) is 2.92. The van der Waals surface area contributed by atoms with E-state index in [0.29, 0.717) is 12.2 Å². The van der Waals surface area contributed by atoms with Crippen LogP contribution in [-0.4, -0.2) is 33.0 Å². The van der Waals surface area contributed by atoms with Gasteiger partial charge in [-0.25, -0.2) is 9.78 Å². The van der Waals surface area contributed by atoms with E-state index in [9.17, 15) is 4.79 Å². The molecular weight excluding hydrogens is 262 g/mol. The Morgan fingerprint density at radius 3 is 2.89 bits per heavy atom. The Bertz CT molecular complexity index is 557. The second kappa shape index (κ2) is 5.90. The van der Waals surface area contributed by atoms with Crippen molar-refractivity contribution < 1.29 is 9.90 Å². The van der Waals surface area contributed by atoms with Crippen molar-refractivity contribution in [2.75, 3.05) is 7.05 Å². The lowest BCUT2D eigenvalue weighted by molar-refractivity contribution is 0.0693. The summed E-state index contributed by atoms with van der Waals surface area (Å²) < 4.78 is 0. The highest BCUT2D eigenvalue weighted by Crippen LogP contribution is 2.22. The van der Waals surface area contributed by atoms with Crippen molar-refractivity contribution >= 4 is 17.3 Å². The summed E-state index contributed by atoms with van der Waals surface area (Å²) in [7, 11) is 1.94. The van der Waals surface area contributed by atoms with Crippen molar-refractivity contribution in [3.63, 3.8) is 0 Å². The number of carboxylic acids is 1. The third-order valence-corrected chi connectivity index (χ3v) is 3.94. The summed E-state index contributed by atoms with van der Waals surface area (Å²) >= 11 is 1.59. The molecule has 0 bridgehead atoms. The van der Waals surface area contributed by atoms with Crippen LogP contribution in [0.15, 0.2) is 29.9 Å². The number of aromatic nitrogens is 2. The van der Waals surface area contributed by atoms with Crippen LogP contribution >= 0.6 is 11.3 Å². The van der Waals surface area contributed by atoms with Gasteiger partial charge < -0.3 is 5.11 Å². The van der Waals surface area contributed by atoms with Crippen LogP contribution in [0.25, 0.3) is 0 Å². The van der Waals surface area contributed by atoms with E-state index in [4.69, 9.17) is 5.11 Å². The van der Waals surface area contributed by atoms with Gasteiger partial charge in [0.2, 0.25) is 0 Å². The molecular formula is C13H15N3O2S. The molecule has 0 radical (unpaired) electrons. The van der Waals surface area contributed by atoms with E-state index in [0.717, 1.165) is 5.01 Å². The number of thiazole rings is 1. The minimum atomic E-state index is -0.946. The zero-order valence-corrected chi connectivity index (χ0v) is 11.6. The van der Waals surface area contributed by atoms with Gasteiger partial charge in [-0.3, -0.25) is 9.88 Å². The van der Waals surface area contributed by atoms with E-state index in [1.807, 2.05) is 24.3 Å². The highest BCUT2D eigenvalue weighted by Gasteiger charge is 2.18. The first-order valence-corrected chi connectivity index (χ1v) is 6.74. The lowest BCUT2D eigenvalue weighted by Gasteiger charge is -2.23. The van der Waals surface area contributed by atoms with E-state index < -0.39 is 5.97 Å². The molecule has 2 heterocycles. The zero-order chi connectivity index (χ0) is 13.8. The molecule has 100 valence electrons. The van der Waals surface area contributed by atoms with E-state index in [-0.39, 0.29) is 11.6 Å². The molecule has 0 saturated heterocycles. The predicted octanol–water partition coefficient (Wildman–Crippen LogP) is 2.43. The Morgan fingerprint density at radius 1 is 1.47 bits per heavy atom. The number of pyridine rings is 1. The lowest BCUT2D eigenvalue weighted by atomic mass is 10.1. The Kier molecular flexibility index (Phi) is 4.24. The molecule has 0 aliphatic carbocycles. The van der Waals surface area contributed by atoms with E-state index in [1.165, 1.54) is 0 Å². The summed E-state index contributed by atoms with van der Waals surface area (Å²) in [6, 6.07) is 3.34. The summed E-state index contributed by atoms with van der Waals surface area (Å²) in [5.41, 5.74) is 0.821. The second-order valence-electron chi connectivity index (χ2n) is 4.26. The van der Waals surface area contributed by atoms with Crippen LogP contribution in [0.1, 0.15) is 34.0 Å². The monoisotopic (exact) mass is 277 g/mol. The van der Waals surface area contributed by atoms with Gasteiger partial charge in [-0.15, -0.1) is 11.3 Å². The molecule has 6 heteroatoms. The first-order chi connectivity index (χ1) is 9.09.